The van der Waals surface area contributed by atoms with Crippen LogP contribution in [0.4, 0.5) is 5.69 Å². The van der Waals surface area contributed by atoms with E-state index in [9.17, 15) is 4.79 Å². The summed E-state index contributed by atoms with van der Waals surface area (Å²) in [6.45, 7) is 3.05. The molecule has 1 fully saturated rings. The smallest absolute Gasteiger partial charge is 0.283 e. The van der Waals surface area contributed by atoms with Crippen molar-refractivity contribution in [3.63, 3.8) is 0 Å². The maximum Gasteiger partial charge on any atom is 0.283 e. The number of hydrogen-bond donors (Lipinski definition) is 3. The van der Waals surface area contributed by atoms with E-state index in [0.717, 1.165) is 19.6 Å². The van der Waals surface area contributed by atoms with E-state index in [0.29, 0.717) is 16.1 Å². The molecule has 0 aromatic carbocycles. The fourth-order valence-corrected chi connectivity index (χ4v) is 2.64. The van der Waals surface area contributed by atoms with Crippen molar-refractivity contribution in [2.24, 2.45) is 5.92 Å². The highest BCUT2D eigenvalue weighted by molar-refractivity contribution is 9.10. The number of hydrogen-bond acceptors (Lipinski definition) is 5. The number of nitrogens with one attached hydrogen (secondary N) is 2. The molecule has 2 heterocycles. The minimum absolute atomic E-state index is 0.0974. The maximum atomic E-state index is 11.9. The van der Waals surface area contributed by atoms with Gasteiger partial charge in [0.1, 0.15) is 4.47 Å². The van der Waals surface area contributed by atoms with Crippen molar-refractivity contribution in [2.75, 3.05) is 31.6 Å². The third-order valence-corrected chi connectivity index (χ3v) is 4.04. The first-order valence-electron chi connectivity index (χ1n) is 6.53. The summed E-state index contributed by atoms with van der Waals surface area (Å²) in [7, 11) is 0. The molecule has 1 unspecified atom stereocenters. The van der Waals surface area contributed by atoms with E-state index in [2.05, 4.69) is 31.7 Å². The van der Waals surface area contributed by atoms with E-state index < -0.39 is 0 Å². The highest BCUT2D eigenvalue weighted by atomic mass is 79.9. The minimum Gasteiger partial charge on any atom is -0.394 e. The van der Waals surface area contributed by atoms with Gasteiger partial charge in [0.25, 0.3) is 5.56 Å². The van der Waals surface area contributed by atoms with Gasteiger partial charge in [0.05, 0.1) is 25.0 Å². The number of aliphatic hydroxyl groups excluding tert-OH is 1. The molecule has 1 aromatic heterocycles. The summed E-state index contributed by atoms with van der Waals surface area (Å²) < 4.78 is 1.72. The molecule has 1 aliphatic heterocycles. The summed E-state index contributed by atoms with van der Waals surface area (Å²) in [4.78, 5) is 11.9. The largest absolute Gasteiger partial charge is 0.394 e. The van der Waals surface area contributed by atoms with Crippen LogP contribution in [0.2, 0.25) is 0 Å². The Hall–Kier alpha value is -0.920. The number of aliphatic hydroxyl groups is 1. The van der Waals surface area contributed by atoms with Crippen molar-refractivity contribution in [2.45, 2.75) is 19.4 Å². The Balaban J connectivity index is 2.00. The van der Waals surface area contributed by atoms with Crippen LogP contribution in [0.25, 0.3) is 0 Å². The molecule has 0 spiro atoms. The van der Waals surface area contributed by atoms with Crippen molar-refractivity contribution in [1.82, 2.24) is 15.1 Å². The molecule has 0 radical (unpaired) electrons. The third-order valence-electron chi connectivity index (χ3n) is 3.28. The third kappa shape index (κ3) is 3.77. The van der Waals surface area contributed by atoms with E-state index in [1.54, 1.807) is 6.20 Å². The first-order chi connectivity index (χ1) is 9.22. The van der Waals surface area contributed by atoms with Gasteiger partial charge in [-0.2, -0.15) is 5.10 Å². The van der Waals surface area contributed by atoms with Crippen molar-refractivity contribution in [3.05, 3.63) is 21.0 Å². The van der Waals surface area contributed by atoms with Gasteiger partial charge in [0, 0.05) is 6.54 Å². The molecule has 0 saturated carbocycles. The maximum absolute atomic E-state index is 11.9. The monoisotopic (exact) mass is 330 g/mol. The lowest BCUT2D eigenvalue weighted by molar-refractivity contribution is 0.266. The van der Waals surface area contributed by atoms with E-state index in [-0.39, 0.29) is 18.7 Å². The second-order valence-corrected chi connectivity index (χ2v) is 5.51. The van der Waals surface area contributed by atoms with Crippen LogP contribution in [0.5, 0.6) is 0 Å². The van der Waals surface area contributed by atoms with Crippen LogP contribution in [0.3, 0.4) is 0 Å². The molecule has 1 aliphatic rings. The Bertz CT molecular complexity index is 471. The lowest BCUT2D eigenvalue weighted by Gasteiger charge is -2.23. The highest BCUT2D eigenvalue weighted by Gasteiger charge is 2.14. The topological polar surface area (TPSA) is 79.2 Å². The van der Waals surface area contributed by atoms with Crippen LogP contribution in [-0.4, -0.2) is 41.1 Å². The summed E-state index contributed by atoms with van der Waals surface area (Å²) >= 11 is 3.29. The van der Waals surface area contributed by atoms with Gasteiger partial charge >= 0.3 is 0 Å². The summed E-state index contributed by atoms with van der Waals surface area (Å²) in [5.74, 6) is 0.584. The van der Waals surface area contributed by atoms with Crippen LogP contribution < -0.4 is 16.2 Å². The number of piperidine rings is 1. The predicted octanol–water partition coefficient (Wildman–Crippen LogP) is 0.410. The Kier molecular flexibility index (Phi) is 5.35. The quantitative estimate of drug-likeness (QED) is 0.728. The van der Waals surface area contributed by atoms with Gasteiger partial charge in [0.15, 0.2) is 0 Å². The van der Waals surface area contributed by atoms with E-state index in [1.807, 2.05) is 0 Å². The number of aromatic nitrogens is 2. The van der Waals surface area contributed by atoms with Crippen molar-refractivity contribution in [3.8, 4) is 0 Å². The number of halogens is 1. The average Bonchev–Trinajstić information content (AvgIpc) is 2.44. The number of nitrogens with zero attached hydrogens (tertiary/aromatic N) is 2. The SMILES string of the molecule is O=c1c(Br)c(NCC2CCCNC2)cnn1CCO. The van der Waals surface area contributed by atoms with Gasteiger partial charge in [-0.05, 0) is 47.8 Å². The molecule has 7 heteroatoms. The van der Waals surface area contributed by atoms with Crippen LogP contribution in [-0.2, 0) is 6.54 Å². The molecular formula is C12H19BrN4O2. The van der Waals surface area contributed by atoms with Crippen LogP contribution in [0, 0.1) is 5.92 Å². The molecule has 0 amide bonds. The molecule has 0 bridgehead atoms. The Morgan fingerprint density at radius 2 is 2.47 bits per heavy atom. The molecule has 6 nitrogen and oxygen atoms in total. The summed E-state index contributed by atoms with van der Waals surface area (Å²) in [5.41, 5.74) is 0.491. The lowest BCUT2D eigenvalue weighted by atomic mass is 10.00. The zero-order chi connectivity index (χ0) is 13.7. The molecule has 19 heavy (non-hydrogen) atoms. The van der Waals surface area contributed by atoms with Crippen LogP contribution >= 0.6 is 15.9 Å². The Morgan fingerprint density at radius 3 is 3.16 bits per heavy atom. The molecule has 3 N–H and O–H groups in total. The number of rotatable bonds is 5. The van der Waals surface area contributed by atoms with Gasteiger partial charge in [-0.25, -0.2) is 4.68 Å². The highest BCUT2D eigenvalue weighted by Crippen LogP contribution is 2.18. The molecule has 1 saturated heterocycles. The first-order valence-corrected chi connectivity index (χ1v) is 7.32. The molecule has 0 aliphatic carbocycles. The second kappa shape index (κ2) is 7.02. The van der Waals surface area contributed by atoms with Crippen molar-refractivity contribution < 1.29 is 5.11 Å². The molecule has 1 atom stereocenters. The van der Waals surface area contributed by atoms with Gasteiger partial charge in [-0.1, -0.05) is 0 Å². The van der Waals surface area contributed by atoms with E-state index in [1.165, 1.54) is 17.5 Å². The minimum atomic E-state index is -0.221. The van der Waals surface area contributed by atoms with Crippen molar-refractivity contribution >= 4 is 21.6 Å². The standard InChI is InChI=1S/C12H19BrN4O2/c13-11-10(8-16-17(4-5-18)12(11)19)15-7-9-2-1-3-14-6-9/h8-9,14-15,18H,1-7H2. The van der Waals surface area contributed by atoms with Gasteiger partial charge in [0.2, 0.25) is 0 Å². The number of anilines is 1. The fraction of sp³-hybridized carbons (Fsp3) is 0.667. The first kappa shape index (κ1) is 14.5. The summed E-state index contributed by atoms with van der Waals surface area (Å²) in [5, 5.41) is 19.5. The molecular weight excluding hydrogens is 312 g/mol. The van der Waals surface area contributed by atoms with Gasteiger partial charge in [-0.3, -0.25) is 4.79 Å². The predicted molar refractivity (Wildman–Crippen MR) is 77.4 cm³/mol. The van der Waals surface area contributed by atoms with Crippen LogP contribution in [0.1, 0.15) is 12.8 Å². The Labute approximate surface area is 120 Å². The zero-order valence-electron chi connectivity index (χ0n) is 10.7. The molecule has 2 rings (SSSR count). The second-order valence-electron chi connectivity index (χ2n) is 4.72. The molecule has 106 valence electrons. The normalized spacial score (nSPS) is 19.4. The lowest BCUT2D eigenvalue weighted by Crippen LogP contribution is -2.34. The fourth-order valence-electron chi connectivity index (χ4n) is 2.19. The summed E-state index contributed by atoms with van der Waals surface area (Å²) in [6.07, 6.45) is 4.02. The zero-order valence-corrected chi connectivity index (χ0v) is 12.3. The Morgan fingerprint density at radius 1 is 1.63 bits per heavy atom. The van der Waals surface area contributed by atoms with Gasteiger partial charge in [-0.15, -0.1) is 0 Å². The van der Waals surface area contributed by atoms with Gasteiger partial charge < -0.3 is 15.7 Å². The molecule has 1 aromatic rings. The summed E-state index contributed by atoms with van der Waals surface area (Å²) in [6, 6.07) is 0. The van der Waals surface area contributed by atoms with Crippen molar-refractivity contribution in [1.29, 1.82) is 0 Å². The average molecular weight is 331 g/mol. The van der Waals surface area contributed by atoms with E-state index >= 15 is 0 Å². The van der Waals surface area contributed by atoms with Crippen LogP contribution in [0.15, 0.2) is 15.5 Å². The van der Waals surface area contributed by atoms with E-state index in [4.69, 9.17) is 5.11 Å².